The van der Waals surface area contributed by atoms with Crippen LogP contribution in [0.4, 0.5) is 0 Å². The molecule has 0 atom stereocenters. The molecule has 0 spiro atoms. The van der Waals surface area contributed by atoms with Gasteiger partial charge in [0.1, 0.15) is 11.5 Å². The molecule has 5 nitrogen and oxygen atoms in total. The fourth-order valence-corrected chi connectivity index (χ4v) is 2.69. The molecule has 1 aromatic heterocycles. The largest absolute Gasteiger partial charge is 0.459 e. The molecule has 7 heteroatoms. The van der Waals surface area contributed by atoms with E-state index in [4.69, 9.17) is 4.42 Å². The minimum absolute atomic E-state index is 0.156. The van der Waals surface area contributed by atoms with E-state index in [0.717, 1.165) is 4.47 Å². The van der Waals surface area contributed by atoms with Crippen molar-refractivity contribution in [1.82, 2.24) is 4.83 Å². The van der Waals surface area contributed by atoms with E-state index in [1.807, 2.05) is 0 Å². The Hall–Kier alpha value is -3.88. The summed E-state index contributed by atoms with van der Waals surface area (Å²) in [6.07, 6.45) is 1.30. The molecule has 0 aliphatic heterocycles. The number of hydrogen-bond donors (Lipinski definition) is 1. The van der Waals surface area contributed by atoms with Crippen molar-refractivity contribution in [3.63, 3.8) is 0 Å². The standard InChI is InChI=1S/C12H11BrN2O3S.C10H4.C2H4/c1-9-12(13)7-10(18-9)8-14-15-19(16,17)11-5-3-2-4-6-11;1-3-5-7-9-10-8-6-4-2;1-2/h2-8,15H,1H3;1-2H2;1-2H2/b14-8+;;. The normalized spacial score (nSPS) is 8.58. The molecule has 1 heterocycles. The van der Waals surface area contributed by atoms with Crippen LogP contribution in [0, 0.1) is 6.92 Å². The van der Waals surface area contributed by atoms with Gasteiger partial charge in [-0.2, -0.15) is 18.4 Å². The smallest absolute Gasteiger partial charge is 0.276 e. The average Bonchev–Trinajstić information content (AvgIpc) is 3.10. The molecule has 0 unspecified atom stereocenters. The van der Waals surface area contributed by atoms with Crippen molar-refractivity contribution in [2.24, 2.45) is 5.10 Å². The van der Waals surface area contributed by atoms with E-state index in [0.29, 0.717) is 11.5 Å². The number of hydrogen-bond acceptors (Lipinski definition) is 4. The third kappa shape index (κ3) is 11.6. The van der Waals surface area contributed by atoms with E-state index in [9.17, 15) is 8.42 Å². The number of halogens is 1. The highest BCUT2D eigenvalue weighted by atomic mass is 79.9. The van der Waals surface area contributed by atoms with E-state index in [1.54, 1.807) is 31.2 Å². The SMILES string of the molecule is C=C.C=C=C=C=C=C=C=C=C=C.Cc1oc(/C=N/NS(=O)(=O)c2ccccc2)cc1Br. The van der Waals surface area contributed by atoms with Gasteiger partial charge in [-0.3, -0.25) is 0 Å². The summed E-state index contributed by atoms with van der Waals surface area (Å²) in [6.45, 7) is 14.3. The predicted molar refractivity (Wildman–Crippen MR) is 126 cm³/mol. The first-order chi connectivity index (χ1) is 14.9. The van der Waals surface area contributed by atoms with Crippen LogP contribution in [0.3, 0.4) is 0 Å². The van der Waals surface area contributed by atoms with Crippen LogP contribution in [0.2, 0.25) is 0 Å². The van der Waals surface area contributed by atoms with Gasteiger partial charge >= 0.3 is 0 Å². The van der Waals surface area contributed by atoms with Crippen LogP contribution in [0.25, 0.3) is 0 Å². The number of sulfonamides is 1. The molecule has 1 aromatic carbocycles. The van der Waals surface area contributed by atoms with E-state index < -0.39 is 10.0 Å². The number of rotatable bonds is 4. The number of furan rings is 1. The Morgan fingerprint density at radius 1 is 1.00 bits per heavy atom. The van der Waals surface area contributed by atoms with Crippen LogP contribution >= 0.6 is 15.9 Å². The molecule has 1 N–H and O–H groups in total. The highest BCUT2D eigenvalue weighted by Gasteiger charge is 2.11. The molecule has 31 heavy (non-hydrogen) atoms. The molecule has 0 saturated carbocycles. The first-order valence-corrected chi connectivity index (χ1v) is 10.6. The van der Waals surface area contributed by atoms with Crippen molar-refractivity contribution in [2.75, 3.05) is 0 Å². The molecule has 0 fully saturated rings. The molecular formula is C24H19BrN2O3S. The highest BCUT2D eigenvalue weighted by molar-refractivity contribution is 9.10. The van der Waals surface area contributed by atoms with Gasteiger partial charge in [-0.15, -0.1) is 13.2 Å². The molecule has 0 radical (unpaired) electrons. The van der Waals surface area contributed by atoms with Gasteiger partial charge < -0.3 is 4.42 Å². The lowest BCUT2D eigenvalue weighted by atomic mass is 10.4. The van der Waals surface area contributed by atoms with Crippen LogP contribution < -0.4 is 4.83 Å². The van der Waals surface area contributed by atoms with Gasteiger partial charge in [-0.05, 0) is 82.5 Å². The van der Waals surface area contributed by atoms with Crippen LogP contribution in [0.5, 0.6) is 0 Å². The van der Waals surface area contributed by atoms with Crippen molar-refractivity contribution in [3.8, 4) is 0 Å². The molecule has 0 saturated heterocycles. The Bertz CT molecular complexity index is 1230. The van der Waals surface area contributed by atoms with Gasteiger partial charge in [0.15, 0.2) is 0 Å². The maximum absolute atomic E-state index is 11.8. The zero-order valence-corrected chi connectivity index (χ0v) is 19.2. The van der Waals surface area contributed by atoms with Gasteiger partial charge in [-0.1, -0.05) is 29.7 Å². The van der Waals surface area contributed by atoms with Crippen molar-refractivity contribution in [2.45, 2.75) is 11.8 Å². The summed E-state index contributed by atoms with van der Waals surface area (Å²) in [6, 6.07) is 9.72. The van der Waals surface area contributed by atoms with Crippen LogP contribution in [0.1, 0.15) is 11.5 Å². The van der Waals surface area contributed by atoms with Gasteiger partial charge in [-0.25, -0.2) is 0 Å². The molecule has 156 valence electrons. The zero-order chi connectivity index (χ0) is 23.5. The second kappa shape index (κ2) is 16.0. The Kier molecular flexibility index (Phi) is 14.0. The van der Waals surface area contributed by atoms with Gasteiger partial charge in [0, 0.05) is 6.07 Å². The third-order valence-electron chi connectivity index (χ3n) is 2.78. The summed E-state index contributed by atoms with van der Waals surface area (Å²) >= 11 is 3.29. The number of benzene rings is 1. The van der Waals surface area contributed by atoms with Crippen molar-refractivity contribution in [3.05, 3.63) is 125 Å². The molecule has 0 aliphatic carbocycles. The minimum atomic E-state index is -3.64. The maximum Gasteiger partial charge on any atom is 0.276 e. The fraction of sp³-hybridized carbons (Fsp3) is 0.0417. The molecular weight excluding hydrogens is 476 g/mol. The number of hydrazone groups is 1. The first kappa shape index (κ1) is 27.1. The number of nitrogens with zero attached hydrogens (tertiary/aromatic N) is 1. The fourth-order valence-electron chi connectivity index (χ4n) is 1.57. The second-order valence-corrected chi connectivity index (χ2v) is 7.34. The lowest BCUT2D eigenvalue weighted by Gasteiger charge is -2.01. The second-order valence-electron chi connectivity index (χ2n) is 4.82. The monoisotopic (exact) mass is 494 g/mol. The number of aryl methyl sites for hydroxylation is 1. The van der Waals surface area contributed by atoms with Gasteiger partial charge in [0.25, 0.3) is 10.0 Å². The van der Waals surface area contributed by atoms with Crippen molar-refractivity contribution >= 4 is 32.2 Å². The summed E-state index contributed by atoms with van der Waals surface area (Å²) in [7, 11) is -3.64. The Morgan fingerprint density at radius 3 is 1.97 bits per heavy atom. The van der Waals surface area contributed by atoms with E-state index in [1.165, 1.54) is 18.3 Å². The minimum Gasteiger partial charge on any atom is -0.459 e. The Labute approximate surface area is 191 Å². The average molecular weight is 495 g/mol. The molecule has 2 rings (SSSR count). The topological polar surface area (TPSA) is 71.7 Å². The molecule has 0 amide bonds. The van der Waals surface area contributed by atoms with Crippen LogP contribution in [-0.2, 0) is 10.0 Å². The van der Waals surface area contributed by atoms with Gasteiger partial charge in [0.2, 0.25) is 0 Å². The summed E-state index contributed by atoms with van der Waals surface area (Å²) in [5, 5.41) is 3.67. The van der Waals surface area contributed by atoms with E-state index in [-0.39, 0.29) is 4.90 Å². The van der Waals surface area contributed by atoms with Crippen molar-refractivity contribution < 1.29 is 12.8 Å². The first-order valence-electron chi connectivity index (χ1n) is 8.30. The summed E-state index contributed by atoms with van der Waals surface area (Å²) in [5.41, 5.74) is 19.5. The molecule has 0 bridgehead atoms. The summed E-state index contributed by atoms with van der Waals surface area (Å²) in [5.74, 6) is 1.16. The summed E-state index contributed by atoms with van der Waals surface area (Å²) < 4.78 is 29.8. The number of nitrogens with one attached hydrogen (secondary N) is 1. The molecule has 2 aromatic rings. The lowest BCUT2D eigenvalue weighted by Crippen LogP contribution is -2.18. The van der Waals surface area contributed by atoms with Crippen LogP contribution in [-0.4, -0.2) is 14.6 Å². The predicted octanol–water partition coefficient (Wildman–Crippen LogP) is 5.51. The lowest BCUT2D eigenvalue weighted by molar-refractivity contribution is 0.525. The van der Waals surface area contributed by atoms with E-state index >= 15 is 0 Å². The summed E-state index contributed by atoms with van der Waals surface area (Å²) in [4.78, 5) is 2.28. The Morgan fingerprint density at radius 2 is 1.52 bits per heavy atom. The quantitative estimate of drug-likeness (QED) is 0.263. The highest BCUT2D eigenvalue weighted by Crippen LogP contribution is 2.19. The van der Waals surface area contributed by atoms with Crippen molar-refractivity contribution in [1.29, 1.82) is 0 Å². The molecule has 0 aliphatic rings. The van der Waals surface area contributed by atoms with Gasteiger partial charge in [0.05, 0.1) is 15.6 Å². The van der Waals surface area contributed by atoms with Crippen LogP contribution in [0.15, 0.2) is 127 Å². The Balaban J connectivity index is 0.000000639. The maximum atomic E-state index is 11.8. The third-order valence-corrected chi connectivity index (χ3v) is 4.81. The zero-order valence-electron chi connectivity index (χ0n) is 16.8. The van der Waals surface area contributed by atoms with E-state index in [2.05, 4.69) is 98.0 Å².